The van der Waals surface area contributed by atoms with Gasteiger partial charge in [-0.3, -0.25) is 4.79 Å². The van der Waals surface area contributed by atoms with Crippen molar-refractivity contribution < 1.29 is 13.6 Å². The second-order valence-corrected chi connectivity index (χ2v) is 5.46. The van der Waals surface area contributed by atoms with Gasteiger partial charge < -0.3 is 10.6 Å². The Morgan fingerprint density at radius 3 is 2.70 bits per heavy atom. The summed E-state index contributed by atoms with van der Waals surface area (Å²) in [5, 5.41) is 5.78. The van der Waals surface area contributed by atoms with Crippen LogP contribution in [0.1, 0.15) is 19.3 Å². The number of carbonyl (C=O) groups excluding carboxylic acids is 1. The van der Waals surface area contributed by atoms with E-state index >= 15 is 0 Å². The van der Waals surface area contributed by atoms with Crippen LogP contribution in [0, 0.1) is 23.0 Å². The molecule has 1 heterocycles. The molecule has 2 N–H and O–H groups in total. The van der Waals surface area contributed by atoms with Gasteiger partial charge in [-0.2, -0.15) is 0 Å². The number of piperidine rings is 1. The van der Waals surface area contributed by atoms with E-state index in [4.69, 9.17) is 0 Å². The van der Waals surface area contributed by atoms with Crippen molar-refractivity contribution in [3.8, 4) is 0 Å². The van der Waals surface area contributed by atoms with Crippen LogP contribution in [-0.2, 0) is 4.79 Å². The zero-order chi connectivity index (χ0) is 13.5. The Morgan fingerprint density at radius 2 is 2.00 bits per heavy atom. The van der Waals surface area contributed by atoms with Gasteiger partial charge in [0.1, 0.15) is 0 Å². The fourth-order valence-corrected chi connectivity index (χ4v) is 3.02. The van der Waals surface area contributed by atoms with Gasteiger partial charge in [-0.25, -0.2) is 8.78 Å². The van der Waals surface area contributed by atoms with Crippen LogP contribution >= 0.6 is 12.4 Å². The van der Waals surface area contributed by atoms with Crippen molar-refractivity contribution in [3.63, 3.8) is 0 Å². The summed E-state index contributed by atoms with van der Waals surface area (Å²) in [6, 6.07) is 3.81. The van der Waals surface area contributed by atoms with Gasteiger partial charge in [0, 0.05) is 5.92 Å². The summed E-state index contributed by atoms with van der Waals surface area (Å²) in [5.74, 6) is -2.18. The van der Waals surface area contributed by atoms with Crippen LogP contribution in [-0.4, -0.2) is 19.0 Å². The molecule has 3 nitrogen and oxygen atoms in total. The standard InChI is InChI=1S/C14H16F2N2O.ClH/c15-10-2-1-3-11(12(10)16)18-13(19)9-8-14(9)4-6-17-7-5-14;/h1-3,9,17H,4-8H2,(H,18,19);1H. The van der Waals surface area contributed by atoms with E-state index in [1.807, 2.05) is 0 Å². The first-order valence-corrected chi connectivity index (χ1v) is 6.58. The van der Waals surface area contributed by atoms with E-state index in [1.165, 1.54) is 12.1 Å². The minimum Gasteiger partial charge on any atom is -0.323 e. The zero-order valence-corrected chi connectivity index (χ0v) is 11.7. The van der Waals surface area contributed by atoms with Crippen LogP contribution in [0.25, 0.3) is 0 Å². The number of halogens is 3. The lowest BCUT2D eigenvalue weighted by Crippen LogP contribution is -2.31. The number of carbonyl (C=O) groups is 1. The van der Waals surface area contributed by atoms with Crippen LogP contribution < -0.4 is 10.6 Å². The molecule has 1 aliphatic heterocycles. The Bertz CT molecular complexity index is 518. The minimum absolute atomic E-state index is 0. The summed E-state index contributed by atoms with van der Waals surface area (Å²) in [4.78, 5) is 12.1. The third-order valence-corrected chi connectivity index (χ3v) is 4.32. The van der Waals surface area contributed by atoms with Gasteiger partial charge in [-0.05, 0) is 49.9 Å². The molecule has 0 bridgehead atoms. The Labute approximate surface area is 122 Å². The van der Waals surface area contributed by atoms with Gasteiger partial charge in [-0.1, -0.05) is 6.07 Å². The van der Waals surface area contributed by atoms with Gasteiger partial charge in [0.15, 0.2) is 11.6 Å². The average Bonchev–Trinajstić information content (AvgIpc) is 3.09. The van der Waals surface area contributed by atoms with Crippen molar-refractivity contribution >= 4 is 24.0 Å². The van der Waals surface area contributed by atoms with Crippen molar-refractivity contribution in [1.29, 1.82) is 0 Å². The zero-order valence-electron chi connectivity index (χ0n) is 10.9. The van der Waals surface area contributed by atoms with Crippen LogP contribution in [0.2, 0.25) is 0 Å². The maximum absolute atomic E-state index is 13.5. The second-order valence-electron chi connectivity index (χ2n) is 5.46. The fourth-order valence-electron chi connectivity index (χ4n) is 3.02. The molecule has 1 amide bonds. The molecule has 110 valence electrons. The highest BCUT2D eigenvalue weighted by Gasteiger charge is 2.57. The molecular formula is C14H17ClF2N2O. The van der Waals surface area contributed by atoms with Crippen molar-refractivity contribution in [1.82, 2.24) is 5.32 Å². The quantitative estimate of drug-likeness (QED) is 0.882. The van der Waals surface area contributed by atoms with Gasteiger partial charge >= 0.3 is 0 Å². The summed E-state index contributed by atoms with van der Waals surface area (Å²) < 4.78 is 26.5. The molecule has 2 fully saturated rings. The lowest BCUT2D eigenvalue weighted by Gasteiger charge is -2.23. The van der Waals surface area contributed by atoms with E-state index in [1.54, 1.807) is 0 Å². The molecule has 0 aromatic heterocycles. The Kier molecular flexibility index (Phi) is 4.30. The second kappa shape index (κ2) is 5.66. The van der Waals surface area contributed by atoms with Crippen molar-refractivity contribution in [3.05, 3.63) is 29.8 Å². The molecule has 1 atom stereocenters. The molecule has 6 heteroatoms. The van der Waals surface area contributed by atoms with Crippen molar-refractivity contribution in [2.24, 2.45) is 11.3 Å². The van der Waals surface area contributed by atoms with E-state index in [9.17, 15) is 13.6 Å². The molecule has 3 rings (SSSR count). The summed E-state index contributed by atoms with van der Waals surface area (Å²) in [5.41, 5.74) is 0.0278. The highest BCUT2D eigenvalue weighted by atomic mass is 35.5. The first kappa shape index (κ1) is 15.2. The first-order valence-electron chi connectivity index (χ1n) is 6.58. The van der Waals surface area contributed by atoms with E-state index in [-0.39, 0.29) is 35.3 Å². The molecule has 1 spiro atoms. The number of hydrogen-bond acceptors (Lipinski definition) is 2. The van der Waals surface area contributed by atoms with Crippen LogP contribution in [0.4, 0.5) is 14.5 Å². The summed E-state index contributed by atoms with van der Waals surface area (Å²) >= 11 is 0. The molecule has 1 unspecified atom stereocenters. The van der Waals surface area contributed by atoms with Crippen LogP contribution in [0.5, 0.6) is 0 Å². The van der Waals surface area contributed by atoms with Crippen LogP contribution in [0.15, 0.2) is 18.2 Å². The van der Waals surface area contributed by atoms with Crippen LogP contribution in [0.3, 0.4) is 0 Å². The third-order valence-electron chi connectivity index (χ3n) is 4.32. The van der Waals surface area contributed by atoms with Gasteiger partial charge in [0.2, 0.25) is 5.91 Å². The van der Waals surface area contributed by atoms with Gasteiger partial charge in [0.25, 0.3) is 0 Å². The maximum Gasteiger partial charge on any atom is 0.228 e. The number of amides is 1. The molecule has 1 saturated heterocycles. The summed E-state index contributed by atoms with van der Waals surface area (Å²) in [6.45, 7) is 1.86. The summed E-state index contributed by atoms with van der Waals surface area (Å²) in [6.07, 6.45) is 2.82. The molecule has 20 heavy (non-hydrogen) atoms. The lowest BCUT2D eigenvalue weighted by atomic mass is 9.92. The molecule has 1 saturated carbocycles. The normalized spacial score (nSPS) is 23.0. The Morgan fingerprint density at radius 1 is 1.30 bits per heavy atom. The first-order chi connectivity index (χ1) is 9.12. The Hall–Kier alpha value is -1.20. The number of nitrogens with one attached hydrogen (secondary N) is 2. The molecule has 1 aromatic rings. The number of hydrogen-bond donors (Lipinski definition) is 2. The van der Waals surface area contributed by atoms with Crippen molar-refractivity contribution in [2.45, 2.75) is 19.3 Å². The van der Waals surface area contributed by atoms with Gasteiger partial charge in [-0.15, -0.1) is 12.4 Å². The summed E-state index contributed by atoms with van der Waals surface area (Å²) in [7, 11) is 0. The molecule has 1 aromatic carbocycles. The fraction of sp³-hybridized carbons (Fsp3) is 0.500. The van der Waals surface area contributed by atoms with E-state index in [0.717, 1.165) is 38.4 Å². The molecule has 2 aliphatic rings. The van der Waals surface area contributed by atoms with E-state index in [2.05, 4.69) is 10.6 Å². The number of benzene rings is 1. The molecular weight excluding hydrogens is 286 g/mol. The van der Waals surface area contributed by atoms with E-state index < -0.39 is 11.6 Å². The Balaban J connectivity index is 0.00000147. The number of rotatable bonds is 2. The predicted molar refractivity (Wildman–Crippen MR) is 74.9 cm³/mol. The maximum atomic E-state index is 13.5. The predicted octanol–water partition coefficient (Wildman–Crippen LogP) is 2.71. The monoisotopic (exact) mass is 302 g/mol. The smallest absolute Gasteiger partial charge is 0.228 e. The highest BCUT2D eigenvalue weighted by molar-refractivity contribution is 5.95. The average molecular weight is 303 g/mol. The minimum atomic E-state index is -0.990. The third kappa shape index (κ3) is 2.65. The SMILES string of the molecule is Cl.O=C(Nc1cccc(F)c1F)C1CC12CCNCC2. The lowest BCUT2D eigenvalue weighted by molar-refractivity contribution is -0.118. The number of anilines is 1. The molecule has 1 aliphatic carbocycles. The van der Waals surface area contributed by atoms with Crippen molar-refractivity contribution in [2.75, 3.05) is 18.4 Å². The topological polar surface area (TPSA) is 41.1 Å². The molecule has 0 radical (unpaired) electrons. The van der Waals surface area contributed by atoms with E-state index in [0.29, 0.717) is 0 Å². The largest absolute Gasteiger partial charge is 0.323 e. The van der Waals surface area contributed by atoms with Gasteiger partial charge in [0.05, 0.1) is 5.69 Å². The highest BCUT2D eigenvalue weighted by Crippen LogP contribution is 2.58.